The lowest BCUT2D eigenvalue weighted by Gasteiger charge is -2.34. The van der Waals surface area contributed by atoms with Gasteiger partial charge in [0.25, 0.3) is 0 Å². The summed E-state index contributed by atoms with van der Waals surface area (Å²) in [5, 5.41) is 6.69. The van der Waals surface area contributed by atoms with E-state index in [4.69, 9.17) is 16.6 Å². The van der Waals surface area contributed by atoms with Crippen LogP contribution in [0.5, 0.6) is 0 Å². The number of aromatic nitrogens is 2. The number of nitrogens with zero attached hydrogens (tertiary/aromatic N) is 3. The summed E-state index contributed by atoms with van der Waals surface area (Å²) >= 11 is 5.35. The van der Waals surface area contributed by atoms with E-state index < -0.39 is 0 Å². The molecule has 2 N–H and O–H groups in total. The molecule has 0 aromatic carbocycles. The normalized spacial score (nSPS) is 17.4. The Morgan fingerprint density at radius 3 is 2.88 bits per heavy atom. The molecular weight excluding hydrogens is 334 g/mol. The van der Waals surface area contributed by atoms with Gasteiger partial charge < -0.3 is 20.0 Å². The summed E-state index contributed by atoms with van der Waals surface area (Å²) in [5.74, 6) is 3.22. The summed E-state index contributed by atoms with van der Waals surface area (Å²) in [4.78, 5) is 11.5. The van der Waals surface area contributed by atoms with Gasteiger partial charge in [-0.3, -0.25) is 0 Å². The molecule has 2 aromatic rings. The smallest absolute Gasteiger partial charge is 0.231 e. The van der Waals surface area contributed by atoms with E-state index in [2.05, 4.69) is 32.4 Å². The van der Waals surface area contributed by atoms with Crippen molar-refractivity contribution >= 4 is 29.1 Å². The van der Waals surface area contributed by atoms with E-state index in [-0.39, 0.29) is 0 Å². The second-order valence-electron chi connectivity index (χ2n) is 6.55. The molecule has 3 rings (SSSR count). The topological polar surface area (TPSA) is 66.2 Å². The number of hydrogen-bond acceptors (Lipinski definition) is 5. The molecule has 0 radical (unpaired) electrons. The zero-order valence-electron chi connectivity index (χ0n) is 15.0. The first-order valence-electron chi connectivity index (χ1n) is 8.74. The first-order valence-corrected chi connectivity index (χ1v) is 9.14. The molecule has 1 saturated heterocycles. The Bertz CT molecular complexity index is 745. The van der Waals surface area contributed by atoms with E-state index >= 15 is 0 Å². The minimum atomic E-state index is 0.484. The van der Waals surface area contributed by atoms with Crippen molar-refractivity contribution in [2.45, 2.75) is 52.6 Å². The van der Waals surface area contributed by atoms with Gasteiger partial charge in [0.15, 0.2) is 5.11 Å². The van der Waals surface area contributed by atoms with E-state index in [1.54, 1.807) is 0 Å². The van der Waals surface area contributed by atoms with Gasteiger partial charge >= 0.3 is 0 Å². The van der Waals surface area contributed by atoms with Crippen LogP contribution in [0.25, 0.3) is 0 Å². The van der Waals surface area contributed by atoms with Gasteiger partial charge in [0.05, 0.1) is 6.54 Å². The van der Waals surface area contributed by atoms with Gasteiger partial charge in [-0.1, -0.05) is 0 Å². The predicted octanol–water partition coefficient (Wildman–Crippen LogP) is 3.55. The van der Waals surface area contributed by atoms with Crippen LogP contribution in [0.15, 0.2) is 22.6 Å². The number of hydrogen-bond donors (Lipinski definition) is 2. The van der Waals surface area contributed by atoms with Crippen LogP contribution in [0.1, 0.15) is 43.4 Å². The highest BCUT2D eigenvalue weighted by atomic mass is 32.1. The second-order valence-corrected chi connectivity index (χ2v) is 6.96. The molecule has 134 valence electrons. The van der Waals surface area contributed by atoms with Crippen molar-refractivity contribution < 1.29 is 4.42 Å². The van der Waals surface area contributed by atoms with E-state index in [9.17, 15) is 0 Å². The fraction of sp³-hybridized carbons (Fsp3) is 0.500. The fourth-order valence-corrected chi connectivity index (χ4v) is 3.25. The molecule has 0 bridgehead atoms. The van der Waals surface area contributed by atoms with Crippen molar-refractivity contribution in [3.05, 3.63) is 35.4 Å². The van der Waals surface area contributed by atoms with Crippen molar-refractivity contribution in [1.29, 1.82) is 0 Å². The van der Waals surface area contributed by atoms with Gasteiger partial charge in [-0.25, -0.2) is 4.98 Å². The third kappa shape index (κ3) is 4.69. The molecule has 1 fully saturated rings. The van der Waals surface area contributed by atoms with Gasteiger partial charge in [-0.15, -0.1) is 0 Å². The summed E-state index contributed by atoms with van der Waals surface area (Å²) < 4.78 is 5.53. The highest BCUT2D eigenvalue weighted by molar-refractivity contribution is 7.80. The Morgan fingerprint density at radius 1 is 1.32 bits per heavy atom. The molecule has 2 aromatic heterocycles. The molecular formula is C18H25N5OS. The first kappa shape index (κ1) is 17.7. The molecule has 1 atom stereocenters. The number of aryl methyl sites for hydroxylation is 2. The summed E-state index contributed by atoms with van der Waals surface area (Å²) in [5.41, 5.74) is 0.926. The molecule has 1 aliphatic rings. The van der Waals surface area contributed by atoms with Crippen molar-refractivity contribution in [3.63, 3.8) is 0 Å². The Balaban J connectivity index is 1.64. The Labute approximate surface area is 154 Å². The third-order valence-electron chi connectivity index (χ3n) is 4.38. The van der Waals surface area contributed by atoms with Gasteiger partial charge in [0.1, 0.15) is 17.3 Å². The van der Waals surface area contributed by atoms with Crippen molar-refractivity contribution in [1.82, 2.24) is 15.3 Å². The number of piperidine rings is 1. The van der Waals surface area contributed by atoms with Crippen LogP contribution in [0.4, 0.5) is 11.8 Å². The van der Waals surface area contributed by atoms with Crippen LogP contribution < -0.4 is 15.5 Å². The van der Waals surface area contributed by atoms with Gasteiger partial charge in [-0.2, -0.15) is 4.98 Å². The molecule has 7 heteroatoms. The molecule has 25 heavy (non-hydrogen) atoms. The second kappa shape index (κ2) is 7.82. The largest absolute Gasteiger partial charge is 0.465 e. The van der Waals surface area contributed by atoms with E-state index in [0.29, 0.717) is 23.6 Å². The fourth-order valence-electron chi connectivity index (χ4n) is 3.09. The SMILES string of the molecule is Cc1cc(N2CCCC[C@@H]2C)nc(NC(=S)NCc2ccc(C)o2)n1. The molecule has 6 nitrogen and oxygen atoms in total. The van der Waals surface area contributed by atoms with Crippen LogP contribution in [0, 0.1) is 13.8 Å². The minimum absolute atomic E-state index is 0.484. The summed E-state index contributed by atoms with van der Waals surface area (Å²) in [6.45, 7) is 7.72. The average molecular weight is 359 g/mol. The average Bonchev–Trinajstić information content (AvgIpc) is 2.98. The standard InChI is InChI=1S/C18H25N5OS/c1-12-10-16(23-9-5-4-6-13(23)2)21-17(20-12)22-18(25)19-11-15-8-7-14(3)24-15/h7-8,10,13H,4-6,9,11H2,1-3H3,(H2,19,20,21,22,25)/t13-/m0/s1. The molecule has 1 aliphatic heterocycles. The minimum Gasteiger partial charge on any atom is -0.465 e. The van der Waals surface area contributed by atoms with E-state index in [0.717, 1.165) is 29.6 Å². The molecule has 0 aliphatic carbocycles. The zero-order valence-corrected chi connectivity index (χ0v) is 15.8. The summed E-state index contributed by atoms with van der Waals surface area (Å²) in [7, 11) is 0. The summed E-state index contributed by atoms with van der Waals surface area (Å²) in [6, 6.07) is 6.41. The molecule has 0 unspecified atom stereocenters. The van der Waals surface area contributed by atoms with Crippen LogP contribution in [0.2, 0.25) is 0 Å². The molecule has 0 saturated carbocycles. The van der Waals surface area contributed by atoms with Crippen molar-refractivity contribution in [2.24, 2.45) is 0 Å². The number of furan rings is 1. The van der Waals surface area contributed by atoms with Gasteiger partial charge in [0, 0.05) is 24.3 Å². The van der Waals surface area contributed by atoms with Crippen LogP contribution in [0.3, 0.4) is 0 Å². The number of nitrogens with one attached hydrogen (secondary N) is 2. The van der Waals surface area contributed by atoms with Crippen LogP contribution in [-0.4, -0.2) is 27.7 Å². The predicted molar refractivity (Wildman–Crippen MR) is 104 cm³/mol. The lowest BCUT2D eigenvalue weighted by molar-refractivity contribution is 0.478. The molecule has 0 spiro atoms. The van der Waals surface area contributed by atoms with Crippen molar-refractivity contribution in [3.8, 4) is 0 Å². The lowest BCUT2D eigenvalue weighted by atomic mass is 10.0. The highest BCUT2D eigenvalue weighted by Gasteiger charge is 2.20. The van der Waals surface area contributed by atoms with E-state index in [1.165, 1.54) is 19.3 Å². The van der Waals surface area contributed by atoms with Crippen LogP contribution >= 0.6 is 12.2 Å². The quantitative estimate of drug-likeness (QED) is 0.809. The molecule has 0 amide bonds. The number of rotatable bonds is 4. The first-order chi connectivity index (χ1) is 12.0. The molecule has 3 heterocycles. The maximum atomic E-state index is 5.53. The maximum Gasteiger partial charge on any atom is 0.231 e. The zero-order chi connectivity index (χ0) is 17.8. The lowest BCUT2D eigenvalue weighted by Crippen LogP contribution is -2.38. The Hall–Kier alpha value is -2.15. The highest BCUT2D eigenvalue weighted by Crippen LogP contribution is 2.24. The summed E-state index contributed by atoms with van der Waals surface area (Å²) in [6.07, 6.45) is 3.69. The monoisotopic (exact) mass is 359 g/mol. The Kier molecular flexibility index (Phi) is 5.53. The van der Waals surface area contributed by atoms with Gasteiger partial charge in [-0.05, 0) is 64.4 Å². The number of anilines is 2. The van der Waals surface area contributed by atoms with Crippen LogP contribution in [-0.2, 0) is 6.54 Å². The maximum absolute atomic E-state index is 5.53. The van der Waals surface area contributed by atoms with Gasteiger partial charge in [0.2, 0.25) is 5.95 Å². The van der Waals surface area contributed by atoms with Crippen molar-refractivity contribution in [2.75, 3.05) is 16.8 Å². The third-order valence-corrected chi connectivity index (χ3v) is 4.63. The Morgan fingerprint density at radius 2 is 2.16 bits per heavy atom. The number of thiocarbonyl (C=S) groups is 1. The van der Waals surface area contributed by atoms with E-state index in [1.807, 2.05) is 32.0 Å².